The molecule has 2 aromatic rings. The Labute approximate surface area is 188 Å². The van der Waals surface area contributed by atoms with Crippen LogP contribution in [0.3, 0.4) is 0 Å². The van der Waals surface area contributed by atoms with Crippen LogP contribution in [0.15, 0.2) is 47.6 Å². The number of benzene rings is 2. The summed E-state index contributed by atoms with van der Waals surface area (Å²) in [6.45, 7) is 4.89. The number of hydrogen-bond acceptors (Lipinski definition) is 5. The molecule has 0 saturated carbocycles. The van der Waals surface area contributed by atoms with Crippen molar-refractivity contribution in [3.05, 3.63) is 59.2 Å². The molecule has 0 bridgehead atoms. The zero-order valence-electron chi connectivity index (χ0n) is 19.2. The van der Waals surface area contributed by atoms with Gasteiger partial charge in [0.2, 0.25) is 0 Å². The zero-order valence-corrected chi connectivity index (χ0v) is 19.2. The summed E-state index contributed by atoms with van der Waals surface area (Å²) in [6, 6.07) is 11.5. The number of carbonyl (C=O) groups is 1. The van der Waals surface area contributed by atoms with Crippen molar-refractivity contribution in [2.24, 2.45) is 16.7 Å². The van der Waals surface area contributed by atoms with E-state index in [1.54, 1.807) is 19.2 Å². The molecule has 0 aliphatic carbocycles. The van der Waals surface area contributed by atoms with Crippen molar-refractivity contribution in [2.75, 3.05) is 12.4 Å². The molecular weight excluding hydrogens is 412 g/mol. The highest BCUT2D eigenvalue weighted by Crippen LogP contribution is 2.31. The molecule has 0 radical (unpaired) electrons. The Kier molecular flexibility index (Phi) is 8.72. The maximum atomic E-state index is 13.5. The lowest BCUT2D eigenvalue weighted by Gasteiger charge is -2.19. The first-order valence-electron chi connectivity index (χ1n) is 10.8. The number of nitrogens with one attached hydrogen (secondary N) is 1. The second-order valence-corrected chi connectivity index (χ2v) is 8.01. The number of nitrogens with two attached hydrogens (primary N) is 2. The van der Waals surface area contributed by atoms with Gasteiger partial charge < -0.3 is 11.1 Å². The highest BCUT2D eigenvalue weighted by molar-refractivity contribution is 6.03. The Hall–Kier alpha value is -3.00. The highest BCUT2D eigenvalue weighted by Gasteiger charge is 2.24. The number of nitrogens with zero attached hydrogens (tertiary/aromatic N) is 2. The lowest BCUT2D eigenvalue weighted by Crippen LogP contribution is -2.26. The number of ketones is 1. The summed E-state index contributed by atoms with van der Waals surface area (Å²) in [6.07, 6.45) is 2.92. The van der Waals surface area contributed by atoms with Crippen molar-refractivity contribution in [3.63, 3.8) is 0 Å². The molecule has 0 aliphatic rings. The molecule has 0 heterocycles. The predicted molar refractivity (Wildman–Crippen MR) is 126 cm³/mol. The molecule has 0 spiro atoms. The number of hydrazone groups is 1. The molecule has 174 valence electrons. The predicted octanol–water partition coefficient (Wildman–Crippen LogP) is 5.22. The van der Waals surface area contributed by atoms with E-state index in [1.807, 2.05) is 32.0 Å². The first kappa shape index (κ1) is 25.3. The normalized spacial score (nSPS) is 13.0. The maximum Gasteiger partial charge on any atom is 0.270 e. The van der Waals surface area contributed by atoms with Gasteiger partial charge in [-0.2, -0.15) is 0 Å². The van der Waals surface area contributed by atoms with Crippen molar-refractivity contribution >= 4 is 23.0 Å². The Morgan fingerprint density at radius 3 is 2.34 bits per heavy atom. The van der Waals surface area contributed by atoms with E-state index in [2.05, 4.69) is 10.4 Å². The third-order valence-corrected chi connectivity index (χ3v) is 5.12. The van der Waals surface area contributed by atoms with Crippen molar-refractivity contribution in [1.82, 2.24) is 5.12 Å². The number of halogens is 2. The van der Waals surface area contributed by atoms with Crippen molar-refractivity contribution < 1.29 is 13.6 Å². The molecule has 0 saturated heterocycles. The van der Waals surface area contributed by atoms with Gasteiger partial charge in [0.15, 0.2) is 5.84 Å². The fourth-order valence-corrected chi connectivity index (χ4v) is 3.55. The Bertz CT molecular complexity index is 936. The van der Waals surface area contributed by atoms with Crippen molar-refractivity contribution in [3.8, 4) is 0 Å². The van der Waals surface area contributed by atoms with E-state index < -0.39 is 5.92 Å². The summed E-state index contributed by atoms with van der Waals surface area (Å²) >= 11 is 0. The van der Waals surface area contributed by atoms with Gasteiger partial charge in [-0.05, 0) is 42.7 Å². The van der Waals surface area contributed by atoms with E-state index in [-0.39, 0.29) is 23.1 Å². The number of amidine groups is 1. The van der Waals surface area contributed by atoms with Crippen LogP contribution >= 0.6 is 0 Å². The molecule has 0 aromatic heterocycles. The lowest BCUT2D eigenvalue weighted by atomic mass is 9.87. The first-order chi connectivity index (χ1) is 15.1. The number of hydrogen-bond donors (Lipinski definition) is 3. The van der Waals surface area contributed by atoms with Crippen molar-refractivity contribution in [2.45, 2.75) is 58.3 Å². The van der Waals surface area contributed by atoms with E-state index in [1.165, 1.54) is 12.1 Å². The van der Waals surface area contributed by atoms with Gasteiger partial charge in [0, 0.05) is 48.8 Å². The van der Waals surface area contributed by atoms with Gasteiger partial charge in [-0.15, -0.1) is 5.10 Å². The lowest BCUT2D eigenvalue weighted by molar-refractivity contribution is -0.120. The minimum Gasteiger partial charge on any atom is -0.382 e. The SMILES string of the molecule is CCCC(=O)[C@H](CCC)c1ccc(Nc2ccc(C(C)(F)F)cc2)c(/C(N)=N/N(C)N)c1. The average Bonchev–Trinajstić information content (AvgIpc) is 2.71. The van der Waals surface area contributed by atoms with Crippen LogP contribution in [0.4, 0.5) is 20.2 Å². The molecule has 1 atom stereocenters. The summed E-state index contributed by atoms with van der Waals surface area (Å²) in [5, 5.41) is 8.42. The topological polar surface area (TPSA) is 96.7 Å². The average molecular weight is 446 g/mol. The number of rotatable bonds is 11. The molecule has 0 aliphatic heterocycles. The van der Waals surface area contributed by atoms with Crippen LogP contribution < -0.4 is 16.9 Å². The van der Waals surface area contributed by atoms with Gasteiger partial charge in [0.25, 0.3) is 5.92 Å². The molecule has 0 fully saturated rings. The molecule has 2 aromatic carbocycles. The standard InChI is InChI=1S/C24H33F2N5O/c1-5-7-19(22(32)8-6-2)16-9-14-21(20(15-16)23(27)30-31(4)28)29-18-12-10-17(11-13-18)24(3,25)26/h9-15,19,29H,5-8,28H2,1-4H3,(H2,27,30)/t19-/m1/s1. The van der Waals surface area contributed by atoms with Gasteiger partial charge in [-0.25, -0.2) is 19.7 Å². The molecule has 8 heteroatoms. The fraction of sp³-hybridized carbons (Fsp3) is 0.417. The zero-order chi connectivity index (χ0) is 23.9. The molecule has 32 heavy (non-hydrogen) atoms. The smallest absolute Gasteiger partial charge is 0.270 e. The molecule has 6 nitrogen and oxygen atoms in total. The number of anilines is 2. The van der Waals surface area contributed by atoms with Crippen LogP contribution in [0.5, 0.6) is 0 Å². The van der Waals surface area contributed by atoms with Crippen LogP contribution in [0, 0.1) is 0 Å². The number of alkyl halides is 2. The van der Waals surface area contributed by atoms with Gasteiger partial charge in [0.1, 0.15) is 5.78 Å². The largest absolute Gasteiger partial charge is 0.382 e. The minimum atomic E-state index is -2.91. The summed E-state index contributed by atoms with van der Waals surface area (Å²) in [4.78, 5) is 12.7. The van der Waals surface area contributed by atoms with Crippen LogP contribution in [-0.4, -0.2) is 23.8 Å². The maximum absolute atomic E-state index is 13.5. The minimum absolute atomic E-state index is 0.0682. The van der Waals surface area contributed by atoms with Crippen molar-refractivity contribution in [1.29, 1.82) is 0 Å². The van der Waals surface area contributed by atoms with E-state index in [9.17, 15) is 13.6 Å². The quantitative estimate of drug-likeness (QED) is 0.191. The van der Waals surface area contributed by atoms with Crippen LogP contribution in [0.2, 0.25) is 0 Å². The van der Waals surface area contributed by atoms with Crippen LogP contribution in [0.25, 0.3) is 0 Å². The fourth-order valence-electron chi connectivity index (χ4n) is 3.55. The highest BCUT2D eigenvalue weighted by atomic mass is 19.3. The van der Waals surface area contributed by atoms with Gasteiger partial charge in [-0.1, -0.05) is 38.5 Å². The van der Waals surface area contributed by atoms with E-state index in [0.29, 0.717) is 23.4 Å². The van der Waals surface area contributed by atoms with E-state index in [4.69, 9.17) is 11.6 Å². The third-order valence-electron chi connectivity index (χ3n) is 5.12. The first-order valence-corrected chi connectivity index (χ1v) is 10.8. The number of carbonyl (C=O) groups excluding carboxylic acids is 1. The van der Waals surface area contributed by atoms with Gasteiger partial charge in [0.05, 0.1) is 0 Å². The molecular formula is C24H33F2N5O. The Morgan fingerprint density at radius 1 is 1.16 bits per heavy atom. The third kappa shape index (κ3) is 6.75. The Morgan fingerprint density at radius 2 is 1.81 bits per heavy atom. The monoisotopic (exact) mass is 445 g/mol. The van der Waals surface area contributed by atoms with Gasteiger partial charge in [-0.3, -0.25) is 4.79 Å². The van der Waals surface area contributed by atoms with E-state index >= 15 is 0 Å². The summed E-state index contributed by atoms with van der Waals surface area (Å²) in [5.74, 6) is 2.89. The molecule has 2 rings (SSSR count). The van der Waals surface area contributed by atoms with Crippen LogP contribution in [0.1, 0.15) is 69.1 Å². The Balaban J connectivity index is 2.47. The summed E-state index contributed by atoms with van der Waals surface area (Å²) < 4.78 is 27.0. The number of hydrazine groups is 1. The summed E-state index contributed by atoms with van der Waals surface area (Å²) in [7, 11) is 1.55. The van der Waals surface area contributed by atoms with E-state index in [0.717, 1.165) is 36.9 Å². The van der Waals surface area contributed by atoms with Crippen LogP contribution in [-0.2, 0) is 10.7 Å². The summed E-state index contributed by atoms with van der Waals surface area (Å²) in [5.41, 5.74) is 8.84. The molecule has 0 amide bonds. The second kappa shape index (κ2) is 11.0. The van der Waals surface area contributed by atoms with Gasteiger partial charge >= 0.3 is 0 Å². The molecule has 0 unspecified atom stereocenters. The second-order valence-electron chi connectivity index (χ2n) is 8.01. The molecule has 5 N–H and O–H groups in total. The number of Topliss-reactive ketones (excluding diaryl/α,β-unsaturated/α-hetero) is 1.